The van der Waals surface area contributed by atoms with Crippen molar-refractivity contribution in [3.05, 3.63) is 87.4 Å². The second kappa shape index (κ2) is 12.9. The fourth-order valence-electron chi connectivity index (χ4n) is 3.15. The molecule has 0 heterocycles. The van der Waals surface area contributed by atoms with E-state index in [-0.39, 0.29) is 30.5 Å². The number of hydrogen-bond donors (Lipinski definition) is 2. The van der Waals surface area contributed by atoms with E-state index < -0.39 is 5.97 Å². The van der Waals surface area contributed by atoms with E-state index in [4.69, 9.17) is 21.1 Å². The Morgan fingerprint density at radius 1 is 1.00 bits per heavy atom. The lowest BCUT2D eigenvalue weighted by atomic mass is 10.1. The van der Waals surface area contributed by atoms with Crippen molar-refractivity contribution in [3.8, 4) is 11.5 Å². The molecule has 182 valence electrons. The first-order valence-corrected chi connectivity index (χ1v) is 12.0. The third-order valence-electron chi connectivity index (χ3n) is 4.80. The van der Waals surface area contributed by atoms with E-state index >= 15 is 0 Å². The summed E-state index contributed by atoms with van der Waals surface area (Å²) in [6.07, 6.45) is 0.806. The number of benzene rings is 3. The van der Waals surface area contributed by atoms with Crippen LogP contribution in [0.5, 0.6) is 11.5 Å². The highest BCUT2D eigenvalue weighted by molar-refractivity contribution is 9.10. The maximum Gasteiger partial charge on any atom is 0.308 e. The Morgan fingerprint density at radius 3 is 2.57 bits per heavy atom. The molecule has 0 saturated carbocycles. The number of ether oxygens (including phenoxy) is 2. The lowest BCUT2D eigenvalue weighted by Gasteiger charge is -2.13. The number of amides is 2. The first kappa shape index (κ1) is 26.2. The Bertz CT molecular complexity index is 1220. The third kappa shape index (κ3) is 8.42. The van der Waals surface area contributed by atoms with Crippen molar-refractivity contribution >= 4 is 51.0 Å². The standard InChI is InChI=1S/C26H24BrClN2O5/c1-17(31)35-21-8-4-7-18(14-21)26(33)30-23-9-3-2-6-19(23)16-29-25(32)10-5-13-34-24-12-11-20(27)15-22(24)28/h2-4,6-9,11-12,14-15H,5,10,13,16H2,1H3,(H,29,32)(H,30,33). The molecule has 3 rings (SSSR count). The second-order valence-electron chi connectivity index (χ2n) is 7.54. The van der Waals surface area contributed by atoms with Crippen LogP contribution in [0.4, 0.5) is 5.69 Å². The molecule has 0 bridgehead atoms. The highest BCUT2D eigenvalue weighted by Crippen LogP contribution is 2.27. The van der Waals surface area contributed by atoms with Crippen LogP contribution in [0.2, 0.25) is 5.02 Å². The van der Waals surface area contributed by atoms with Gasteiger partial charge in [0.15, 0.2) is 0 Å². The first-order chi connectivity index (χ1) is 16.8. The summed E-state index contributed by atoms with van der Waals surface area (Å²) in [6, 6.07) is 18.9. The maximum absolute atomic E-state index is 12.7. The molecule has 3 aromatic rings. The Hall–Kier alpha value is -3.36. The van der Waals surface area contributed by atoms with E-state index in [0.717, 1.165) is 10.0 Å². The number of para-hydroxylation sites is 1. The summed E-state index contributed by atoms with van der Waals surface area (Å²) in [5, 5.41) is 6.21. The van der Waals surface area contributed by atoms with Gasteiger partial charge in [-0.25, -0.2) is 0 Å². The summed E-state index contributed by atoms with van der Waals surface area (Å²) in [7, 11) is 0. The van der Waals surface area contributed by atoms with Crippen LogP contribution in [0.1, 0.15) is 35.7 Å². The number of carbonyl (C=O) groups is 3. The number of carbonyl (C=O) groups excluding carboxylic acids is 3. The molecule has 2 N–H and O–H groups in total. The highest BCUT2D eigenvalue weighted by atomic mass is 79.9. The Balaban J connectivity index is 1.49. The minimum atomic E-state index is -0.465. The van der Waals surface area contributed by atoms with Gasteiger partial charge in [-0.2, -0.15) is 0 Å². The van der Waals surface area contributed by atoms with Crippen molar-refractivity contribution in [1.29, 1.82) is 0 Å². The lowest BCUT2D eigenvalue weighted by Crippen LogP contribution is -2.24. The van der Waals surface area contributed by atoms with Crippen LogP contribution in [0.3, 0.4) is 0 Å². The second-order valence-corrected chi connectivity index (χ2v) is 8.86. The molecule has 35 heavy (non-hydrogen) atoms. The Kier molecular flexibility index (Phi) is 9.69. The number of nitrogens with one attached hydrogen (secondary N) is 2. The molecular weight excluding hydrogens is 536 g/mol. The predicted molar refractivity (Wildman–Crippen MR) is 138 cm³/mol. The van der Waals surface area contributed by atoms with Gasteiger partial charge in [-0.3, -0.25) is 14.4 Å². The van der Waals surface area contributed by atoms with Crippen molar-refractivity contribution in [2.45, 2.75) is 26.3 Å². The van der Waals surface area contributed by atoms with E-state index in [2.05, 4.69) is 26.6 Å². The molecule has 0 aromatic heterocycles. The zero-order chi connectivity index (χ0) is 25.2. The van der Waals surface area contributed by atoms with Gasteiger partial charge in [0.1, 0.15) is 11.5 Å². The molecule has 0 aliphatic rings. The van der Waals surface area contributed by atoms with Gasteiger partial charge in [0.05, 0.1) is 11.6 Å². The number of anilines is 1. The van der Waals surface area contributed by atoms with Crippen LogP contribution in [0.25, 0.3) is 0 Å². The van der Waals surface area contributed by atoms with Crippen LogP contribution < -0.4 is 20.1 Å². The molecule has 7 nitrogen and oxygen atoms in total. The number of esters is 1. The summed E-state index contributed by atoms with van der Waals surface area (Å²) in [4.78, 5) is 36.2. The molecule has 0 unspecified atom stereocenters. The largest absolute Gasteiger partial charge is 0.492 e. The SMILES string of the molecule is CC(=O)Oc1cccc(C(=O)Nc2ccccc2CNC(=O)CCCOc2ccc(Br)cc2Cl)c1. The van der Waals surface area contributed by atoms with Gasteiger partial charge in [0.2, 0.25) is 5.91 Å². The summed E-state index contributed by atoms with van der Waals surface area (Å²) >= 11 is 9.46. The Morgan fingerprint density at radius 2 is 1.80 bits per heavy atom. The van der Waals surface area contributed by atoms with Crippen molar-refractivity contribution in [2.75, 3.05) is 11.9 Å². The zero-order valence-electron chi connectivity index (χ0n) is 19.0. The van der Waals surface area contributed by atoms with Crippen molar-refractivity contribution in [3.63, 3.8) is 0 Å². The van der Waals surface area contributed by atoms with E-state index in [1.54, 1.807) is 42.5 Å². The van der Waals surface area contributed by atoms with Gasteiger partial charge in [0, 0.05) is 35.6 Å². The van der Waals surface area contributed by atoms with Crippen molar-refractivity contribution in [2.24, 2.45) is 0 Å². The fourth-order valence-corrected chi connectivity index (χ4v) is 3.87. The van der Waals surface area contributed by atoms with Crippen LogP contribution in [0.15, 0.2) is 71.2 Å². The molecule has 3 aromatic carbocycles. The van der Waals surface area contributed by atoms with Gasteiger partial charge in [-0.05, 0) is 54.4 Å². The predicted octanol–water partition coefficient (Wildman–Crippen LogP) is 5.76. The number of halogens is 2. The van der Waals surface area contributed by atoms with E-state index in [1.807, 2.05) is 18.2 Å². The molecule has 0 atom stereocenters. The van der Waals surface area contributed by atoms with Gasteiger partial charge in [-0.1, -0.05) is 51.8 Å². The summed E-state index contributed by atoms with van der Waals surface area (Å²) in [6.45, 7) is 1.90. The minimum Gasteiger partial charge on any atom is -0.492 e. The van der Waals surface area contributed by atoms with Gasteiger partial charge >= 0.3 is 5.97 Å². The molecule has 2 amide bonds. The van der Waals surface area contributed by atoms with E-state index in [9.17, 15) is 14.4 Å². The topological polar surface area (TPSA) is 93.7 Å². The smallest absolute Gasteiger partial charge is 0.308 e. The Labute approximate surface area is 216 Å². The van der Waals surface area contributed by atoms with Crippen molar-refractivity contribution < 1.29 is 23.9 Å². The molecule has 0 fully saturated rings. The molecule has 0 saturated heterocycles. The zero-order valence-corrected chi connectivity index (χ0v) is 21.3. The molecule has 9 heteroatoms. The van der Waals surface area contributed by atoms with Crippen molar-refractivity contribution in [1.82, 2.24) is 5.32 Å². The van der Waals surface area contributed by atoms with Gasteiger partial charge in [0.25, 0.3) is 5.91 Å². The van der Waals surface area contributed by atoms with Gasteiger partial charge in [-0.15, -0.1) is 0 Å². The third-order valence-corrected chi connectivity index (χ3v) is 5.59. The number of rotatable bonds is 10. The summed E-state index contributed by atoms with van der Waals surface area (Å²) in [5.74, 6) is -0.102. The van der Waals surface area contributed by atoms with Crippen LogP contribution in [-0.4, -0.2) is 24.4 Å². The maximum atomic E-state index is 12.7. The van der Waals surface area contributed by atoms with Crippen LogP contribution in [0, 0.1) is 0 Å². The minimum absolute atomic E-state index is 0.134. The number of hydrogen-bond acceptors (Lipinski definition) is 5. The van der Waals surface area contributed by atoms with Crippen LogP contribution >= 0.6 is 27.5 Å². The molecule has 0 radical (unpaired) electrons. The average molecular weight is 560 g/mol. The monoisotopic (exact) mass is 558 g/mol. The molecule has 0 spiro atoms. The normalized spacial score (nSPS) is 10.4. The summed E-state index contributed by atoms with van der Waals surface area (Å²) in [5.41, 5.74) is 1.67. The quantitative estimate of drug-likeness (QED) is 0.187. The highest BCUT2D eigenvalue weighted by Gasteiger charge is 2.12. The molecule has 0 aliphatic heterocycles. The first-order valence-electron chi connectivity index (χ1n) is 10.8. The average Bonchev–Trinajstić information content (AvgIpc) is 2.82. The van der Waals surface area contributed by atoms with E-state index in [0.29, 0.717) is 35.1 Å². The van der Waals surface area contributed by atoms with E-state index in [1.165, 1.54) is 13.0 Å². The van der Waals surface area contributed by atoms with Gasteiger partial charge < -0.3 is 20.1 Å². The summed E-state index contributed by atoms with van der Waals surface area (Å²) < 4.78 is 11.5. The lowest BCUT2D eigenvalue weighted by molar-refractivity contribution is -0.131. The molecule has 0 aliphatic carbocycles. The van der Waals surface area contributed by atoms with Crippen LogP contribution in [-0.2, 0) is 16.1 Å². The fraction of sp³-hybridized carbons (Fsp3) is 0.192. The molecular formula is C26H24BrClN2O5.